The van der Waals surface area contributed by atoms with E-state index in [2.05, 4.69) is 19.9 Å². The van der Waals surface area contributed by atoms with Gasteiger partial charge in [0.15, 0.2) is 11.4 Å². The molecule has 0 saturated heterocycles. The molecule has 0 unspecified atom stereocenters. The van der Waals surface area contributed by atoms with Crippen LogP contribution in [0.25, 0.3) is 28.3 Å². The minimum atomic E-state index is -0.263. The van der Waals surface area contributed by atoms with Crippen molar-refractivity contribution >= 4 is 22.8 Å². The highest BCUT2D eigenvalue weighted by Gasteiger charge is 2.17. The molecule has 0 radical (unpaired) electrons. The quantitative estimate of drug-likeness (QED) is 0.384. The Morgan fingerprint density at radius 3 is 2.63 bits per heavy atom. The van der Waals surface area contributed by atoms with E-state index in [9.17, 15) is 4.79 Å². The molecule has 5 rings (SSSR count). The zero-order valence-electron chi connectivity index (χ0n) is 19.7. The van der Waals surface area contributed by atoms with Crippen molar-refractivity contribution in [1.29, 1.82) is 0 Å². The summed E-state index contributed by atoms with van der Waals surface area (Å²) in [6, 6.07) is 13.5. The van der Waals surface area contributed by atoms with Gasteiger partial charge in [-0.2, -0.15) is 4.98 Å². The van der Waals surface area contributed by atoms with Crippen LogP contribution in [0.1, 0.15) is 5.76 Å². The molecule has 4 aromatic heterocycles. The Labute approximate surface area is 201 Å². The first-order valence-corrected chi connectivity index (χ1v) is 11.1. The lowest BCUT2D eigenvalue weighted by molar-refractivity contribution is 0.415. The molecule has 0 bridgehead atoms. The summed E-state index contributed by atoms with van der Waals surface area (Å²) in [4.78, 5) is 27.7. The van der Waals surface area contributed by atoms with Gasteiger partial charge in [-0.3, -0.25) is 9.36 Å². The predicted molar refractivity (Wildman–Crippen MR) is 134 cm³/mol. The fourth-order valence-corrected chi connectivity index (χ4v) is 3.92. The molecule has 0 aliphatic carbocycles. The fourth-order valence-electron chi connectivity index (χ4n) is 3.92. The number of methoxy groups -OCH3 is 1. The summed E-state index contributed by atoms with van der Waals surface area (Å²) < 4.78 is 14.6. The number of aryl methyl sites for hydroxylation is 1. The van der Waals surface area contributed by atoms with Crippen LogP contribution in [0.5, 0.6) is 5.75 Å². The predicted octanol–water partition coefficient (Wildman–Crippen LogP) is 3.27. The van der Waals surface area contributed by atoms with E-state index >= 15 is 0 Å². The Morgan fingerprint density at radius 2 is 1.91 bits per heavy atom. The van der Waals surface area contributed by atoms with E-state index in [-0.39, 0.29) is 11.5 Å². The van der Waals surface area contributed by atoms with Gasteiger partial charge < -0.3 is 24.4 Å². The summed E-state index contributed by atoms with van der Waals surface area (Å²) >= 11 is 0. The monoisotopic (exact) mass is 471 g/mol. The van der Waals surface area contributed by atoms with Gasteiger partial charge in [0.1, 0.15) is 22.7 Å². The van der Waals surface area contributed by atoms with Crippen LogP contribution in [0.4, 0.5) is 11.6 Å². The maximum Gasteiger partial charge on any atom is 0.270 e. The van der Waals surface area contributed by atoms with Crippen molar-refractivity contribution < 1.29 is 9.15 Å². The van der Waals surface area contributed by atoms with Gasteiger partial charge in [-0.15, -0.1) is 0 Å². The van der Waals surface area contributed by atoms with Crippen molar-refractivity contribution in [3.63, 3.8) is 0 Å². The van der Waals surface area contributed by atoms with Gasteiger partial charge >= 0.3 is 0 Å². The van der Waals surface area contributed by atoms with Crippen LogP contribution in [0.3, 0.4) is 0 Å². The molecule has 10 heteroatoms. The van der Waals surface area contributed by atoms with E-state index in [4.69, 9.17) is 14.9 Å². The third-order valence-corrected chi connectivity index (χ3v) is 5.83. The van der Waals surface area contributed by atoms with Crippen LogP contribution < -0.4 is 20.9 Å². The first-order chi connectivity index (χ1) is 16.9. The summed E-state index contributed by atoms with van der Waals surface area (Å²) in [6.07, 6.45) is 5.31. The summed E-state index contributed by atoms with van der Waals surface area (Å²) in [6.45, 7) is 2.79. The third-order valence-electron chi connectivity index (χ3n) is 5.83. The summed E-state index contributed by atoms with van der Waals surface area (Å²) in [5, 5.41) is 0. The van der Waals surface area contributed by atoms with Crippen LogP contribution in [0.2, 0.25) is 0 Å². The molecule has 178 valence electrons. The number of benzene rings is 1. The topological polar surface area (TPSA) is 117 Å². The Kier molecular flexibility index (Phi) is 5.69. The third kappa shape index (κ3) is 4.33. The summed E-state index contributed by atoms with van der Waals surface area (Å²) in [7, 11) is 3.62. The molecule has 0 aliphatic rings. The number of aromatic nitrogens is 5. The molecule has 10 nitrogen and oxygen atoms in total. The van der Waals surface area contributed by atoms with E-state index in [1.54, 1.807) is 17.7 Å². The molecular formula is C25H25N7O3. The second-order valence-electron chi connectivity index (χ2n) is 8.16. The number of ether oxygens (including phenoxy) is 1. The zero-order valence-corrected chi connectivity index (χ0v) is 19.7. The standard InChI is InChI=1S/C25H25N7O3/c1-16-4-9-20(35-16)22-23-24(29-25(26)28-22)32(21(33)14-27-23)13-12-30(2)18-10-11-31(15-18)17-5-7-19(34-3)8-6-17/h4-11,14-15H,12-13H2,1-3H3,(H2,26,28,29). The number of furan rings is 1. The van der Waals surface area contributed by atoms with Gasteiger partial charge in [0.2, 0.25) is 5.95 Å². The fraction of sp³-hybridized carbons (Fsp3) is 0.200. The van der Waals surface area contributed by atoms with E-state index in [1.165, 1.54) is 6.20 Å². The average molecular weight is 472 g/mol. The summed E-state index contributed by atoms with van der Waals surface area (Å²) in [5.74, 6) is 2.12. The van der Waals surface area contributed by atoms with Crippen LogP contribution >= 0.6 is 0 Å². The normalized spacial score (nSPS) is 11.2. The lowest BCUT2D eigenvalue weighted by Crippen LogP contribution is -2.29. The van der Waals surface area contributed by atoms with Crippen LogP contribution in [-0.4, -0.2) is 44.8 Å². The first-order valence-electron chi connectivity index (χ1n) is 11.1. The molecule has 0 atom stereocenters. The molecule has 0 fully saturated rings. The molecule has 1 aromatic carbocycles. The zero-order chi connectivity index (χ0) is 24.5. The molecular weight excluding hydrogens is 446 g/mol. The largest absolute Gasteiger partial charge is 0.497 e. The molecule has 4 heterocycles. The number of hydrogen-bond donors (Lipinski definition) is 1. The van der Waals surface area contributed by atoms with Gasteiger partial charge in [-0.05, 0) is 49.4 Å². The second-order valence-corrected chi connectivity index (χ2v) is 8.16. The van der Waals surface area contributed by atoms with Gasteiger partial charge in [-0.1, -0.05) is 0 Å². The maximum atomic E-state index is 12.7. The number of nitrogen functional groups attached to an aromatic ring is 1. The van der Waals surface area contributed by atoms with Gasteiger partial charge in [0.05, 0.1) is 19.0 Å². The van der Waals surface area contributed by atoms with E-state index in [0.29, 0.717) is 35.7 Å². The van der Waals surface area contributed by atoms with Gasteiger partial charge in [0, 0.05) is 38.2 Å². The highest BCUT2D eigenvalue weighted by molar-refractivity contribution is 5.86. The Hall–Kier alpha value is -4.60. The maximum absolute atomic E-state index is 12.7. The molecule has 2 N–H and O–H groups in total. The van der Waals surface area contributed by atoms with E-state index < -0.39 is 0 Å². The molecule has 0 saturated carbocycles. The number of nitrogens with two attached hydrogens (primary N) is 1. The number of likely N-dealkylation sites (N-methyl/N-ethyl adjacent to an activating group) is 1. The van der Waals surface area contributed by atoms with Crippen molar-refractivity contribution in [3.05, 3.63) is 77.2 Å². The van der Waals surface area contributed by atoms with Crippen LogP contribution in [0, 0.1) is 6.92 Å². The Balaban J connectivity index is 1.41. The Morgan fingerprint density at radius 1 is 1.11 bits per heavy atom. The SMILES string of the molecule is COc1ccc(-n2ccc(N(C)CCn3c(=O)cnc4c(-c5ccc(C)o5)nc(N)nc43)c2)cc1. The van der Waals surface area contributed by atoms with Gasteiger partial charge in [-0.25, -0.2) is 9.97 Å². The lowest BCUT2D eigenvalue weighted by Gasteiger charge is -2.19. The number of hydrogen-bond acceptors (Lipinski definition) is 8. The minimum absolute atomic E-state index is 0.0487. The van der Waals surface area contributed by atoms with Gasteiger partial charge in [0.25, 0.3) is 5.56 Å². The summed E-state index contributed by atoms with van der Waals surface area (Å²) in [5.41, 5.74) is 9.04. The number of fused-ring (bicyclic) bond motifs is 1. The number of rotatable bonds is 7. The minimum Gasteiger partial charge on any atom is -0.497 e. The second kappa shape index (κ2) is 8.98. The van der Waals surface area contributed by atoms with E-state index in [0.717, 1.165) is 22.9 Å². The first kappa shape index (κ1) is 22.2. The highest BCUT2D eigenvalue weighted by Crippen LogP contribution is 2.26. The van der Waals surface area contributed by atoms with Crippen molar-refractivity contribution in [3.8, 4) is 22.9 Å². The average Bonchev–Trinajstić information content (AvgIpc) is 3.52. The van der Waals surface area contributed by atoms with Crippen molar-refractivity contribution in [2.24, 2.45) is 0 Å². The number of nitrogens with zero attached hydrogens (tertiary/aromatic N) is 6. The molecule has 35 heavy (non-hydrogen) atoms. The number of anilines is 2. The molecule has 0 aliphatic heterocycles. The lowest BCUT2D eigenvalue weighted by atomic mass is 10.2. The molecule has 5 aromatic rings. The smallest absolute Gasteiger partial charge is 0.270 e. The van der Waals surface area contributed by atoms with Crippen LogP contribution in [0.15, 0.2) is 70.3 Å². The molecule has 0 amide bonds. The van der Waals surface area contributed by atoms with Crippen molar-refractivity contribution in [2.45, 2.75) is 13.5 Å². The van der Waals surface area contributed by atoms with Crippen molar-refractivity contribution in [1.82, 2.24) is 24.1 Å². The van der Waals surface area contributed by atoms with Crippen molar-refractivity contribution in [2.75, 3.05) is 31.3 Å². The van der Waals surface area contributed by atoms with E-state index in [1.807, 2.05) is 67.3 Å². The molecule has 0 spiro atoms. The Bertz CT molecular complexity index is 1550. The van der Waals surface area contributed by atoms with Crippen LogP contribution in [-0.2, 0) is 6.54 Å². The highest BCUT2D eigenvalue weighted by atomic mass is 16.5.